The minimum absolute atomic E-state index is 0.166. The molecule has 0 bridgehead atoms. The lowest BCUT2D eigenvalue weighted by Crippen LogP contribution is -2.27. The van der Waals surface area contributed by atoms with E-state index in [0.29, 0.717) is 5.84 Å². The highest BCUT2D eigenvalue weighted by atomic mass is 14.8. The fourth-order valence-corrected chi connectivity index (χ4v) is 2.45. The summed E-state index contributed by atoms with van der Waals surface area (Å²) in [5, 5.41) is 10.2. The average molecular weight is 210 g/mol. The Labute approximate surface area is 94.6 Å². The van der Waals surface area contributed by atoms with Gasteiger partial charge < -0.3 is 5.73 Å². The molecule has 0 aliphatic heterocycles. The highest BCUT2D eigenvalue weighted by Crippen LogP contribution is 2.50. The van der Waals surface area contributed by atoms with Crippen molar-refractivity contribution in [1.82, 2.24) is 0 Å². The van der Waals surface area contributed by atoms with E-state index in [1.54, 1.807) is 0 Å². The van der Waals surface area contributed by atoms with Crippen LogP contribution in [0.1, 0.15) is 18.4 Å². The predicted octanol–water partition coefficient (Wildman–Crippen LogP) is 2.81. The first-order valence-electron chi connectivity index (χ1n) is 5.57. The Morgan fingerprint density at radius 3 is 2.44 bits per heavy atom. The van der Waals surface area contributed by atoms with E-state index in [2.05, 4.69) is 30.3 Å². The Hall–Kier alpha value is -1.83. The van der Waals surface area contributed by atoms with Gasteiger partial charge in [-0.2, -0.15) is 0 Å². The summed E-state index contributed by atoms with van der Waals surface area (Å²) < 4.78 is 0. The van der Waals surface area contributed by atoms with Crippen molar-refractivity contribution in [3.8, 4) is 0 Å². The van der Waals surface area contributed by atoms with Gasteiger partial charge in [-0.05, 0) is 29.2 Å². The topological polar surface area (TPSA) is 49.9 Å². The third kappa shape index (κ3) is 1.16. The minimum atomic E-state index is -0.166. The molecule has 2 aromatic rings. The van der Waals surface area contributed by atoms with E-state index < -0.39 is 0 Å². The largest absolute Gasteiger partial charge is 0.387 e. The molecule has 0 spiro atoms. The van der Waals surface area contributed by atoms with Gasteiger partial charge in [0.25, 0.3) is 0 Å². The van der Waals surface area contributed by atoms with Crippen molar-refractivity contribution in [2.75, 3.05) is 0 Å². The number of nitrogens with two attached hydrogens (primary N) is 1. The molecule has 2 nitrogen and oxygen atoms in total. The summed E-state index contributed by atoms with van der Waals surface area (Å²) in [6.45, 7) is 0. The molecule has 0 aromatic heterocycles. The minimum Gasteiger partial charge on any atom is -0.387 e. The molecule has 3 N–H and O–H groups in total. The SMILES string of the molecule is N=C(N)C1(c2cccc3ccccc23)CC1. The summed E-state index contributed by atoms with van der Waals surface area (Å²) in [6.07, 6.45) is 2.02. The van der Waals surface area contributed by atoms with Gasteiger partial charge >= 0.3 is 0 Å². The monoisotopic (exact) mass is 210 g/mol. The molecule has 80 valence electrons. The predicted molar refractivity (Wildman–Crippen MR) is 66.8 cm³/mol. The van der Waals surface area contributed by atoms with Crippen LogP contribution in [0.4, 0.5) is 0 Å². The first-order valence-corrected chi connectivity index (χ1v) is 5.57. The second-order valence-corrected chi connectivity index (χ2v) is 4.52. The summed E-state index contributed by atoms with van der Waals surface area (Å²) >= 11 is 0. The summed E-state index contributed by atoms with van der Waals surface area (Å²) in [4.78, 5) is 0. The van der Waals surface area contributed by atoms with Crippen LogP contribution in [-0.2, 0) is 5.41 Å². The van der Waals surface area contributed by atoms with Crippen LogP contribution in [0, 0.1) is 5.41 Å². The summed E-state index contributed by atoms with van der Waals surface area (Å²) in [5.74, 6) is 0.309. The van der Waals surface area contributed by atoms with Crippen molar-refractivity contribution in [3.05, 3.63) is 48.0 Å². The normalized spacial score (nSPS) is 17.2. The van der Waals surface area contributed by atoms with Crippen LogP contribution in [0.3, 0.4) is 0 Å². The van der Waals surface area contributed by atoms with E-state index >= 15 is 0 Å². The van der Waals surface area contributed by atoms with Crippen LogP contribution in [0.25, 0.3) is 10.8 Å². The van der Waals surface area contributed by atoms with Crippen molar-refractivity contribution in [2.45, 2.75) is 18.3 Å². The number of hydrogen-bond acceptors (Lipinski definition) is 1. The number of benzene rings is 2. The lowest BCUT2D eigenvalue weighted by molar-refractivity contribution is 0.934. The molecule has 0 heterocycles. The van der Waals surface area contributed by atoms with Gasteiger partial charge in [0.1, 0.15) is 5.84 Å². The highest BCUT2D eigenvalue weighted by Gasteiger charge is 2.48. The number of amidine groups is 1. The smallest absolute Gasteiger partial charge is 0.101 e. The lowest BCUT2D eigenvalue weighted by Gasteiger charge is -2.16. The van der Waals surface area contributed by atoms with Crippen molar-refractivity contribution in [2.24, 2.45) is 5.73 Å². The van der Waals surface area contributed by atoms with Gasteiger partial charge in [-0.1, -0.05) is 42.5 Å². The number of hydrogen-bond donors (Lipinski definition) is 2. The molecule has 16 heavy (non-hydrogen) atoms. The number of rotatable bonds is 2. The maximum Gasteiger partial charge on any atom is 0.101 e. The fraction of sp³-hybridized carbons (Fsp3) is 0.214. The third-order valence-electron chi connectivity index (χ3n) is 3.57. The van der Waals surface area contributed by atoms with Crippen LogP contribution in [0.5, 0.6) is 0 Å². The fourth-order valence-electron chi connectivity index (χ4n) is 2.45. The van der Waals surface area contributed by atoms with Crippen molar-refractivity contribution >= 4 is 16.6 Å². The maximum atomic E-state index is 7.75. The molecular formula is C14H14N2. The van der Waals surface area contributed by atoms with Gasteiger partial charge in [0.2, 0.25) is 0 Å². The van der Waals surface area contributed by atoms with Crippen LogP contribution >= 0.6 is 0 Å². The molecule has 1 saturated carbocycles. The molecule has 0 atom stereocenters. The molecule has 2 heteroatoms. The summed E-state index contributed by atoms with van der Waals surface area (Å²) in [5.41, 5.74) is 6.79. The zero-order chi connectivity index (χ0) is 11.2. The van der Waals surface area contributed by atoms with Gasteiger partial charge in [-0.15, -0.1) is 0 Å². The van der Waals surface area contributed by atoms with Crippen LogP contribution in [0.15, 0.2) is 42.5 Å². The zero-order valence-corrected chi connectivity index (χ0v) is 9.03. The average Bonchev–Trinajstić information content (AvgIpc) is 3.09. The van der Waals surface area contributed by atoms with Crippen molar-refractivity contribution in [3.63, 3.8) is 0 Å². The molecule has 1 aliphatic rings. The van der Waals surface area contributed by atoms with Gasteiger partial charge in [0.15, 0.2) is 0 Å². The first kappa shape index (κ1) is 9.40. The Bertz CT molecular complexity index is 562. The van der Waals surface area contributed by atoms with Gasteiger partial charge in [-0.3, -0.25) is 5.41 Å². The van der Waals surface area contributed by atoms with Gasteiger partial charge in [0.05, 0.1) is 5.41 Å². The van der Waals surface area contributed by atoms with E-state index in [-0.39, 0.29) is 5.41 Å². The Morgan fingerprint density at radius 2 is 1.75 bits per heavy atom. The molecule has 1 aliphatic carbocycles. The van der Waals surface area contributed by atoms with Crippen LogP contribution in [-0.4, -0.2) is 5.84 Å². The first-order chi connectivity index (χ1) is 7.74. The second-order valence-electron chi connectivity index (χ2n) is 4.52. The summed E-state index contributed by atoms with van der Waals surface area (Å²) in [7, 11) is 0. The molecule has 0 unspecified atom stereocenters. The lowest BCUT2D eigenvalue weighted by atomic mass is 9.90. The van der Waals surface area contributed by atoms with Crippen LogP contribution in [0.2, 0.25) is 0 Å². The Kier molecular flexibility index (Phi) is 1.81. The molecule has 1 fully saturated rings. The molecule has 2 aromatic carbocycles. The molecule has 0 amide bonds. The highest BCUT2D eigenvalue weighted by molar-refractivity contribution is 5.98. The van der Waals surface area contributed by atoms with E-state index in [9.17, 15) is 0 Å². The zero-order valence-electron chi connectivity index (χ0n) is 9.03. The van der Waals surface area contributed by atoms with Crippen molar-refractivity contribution < 1.29 is 0 Å². The van der Waals surface area contributed by atoms with E-state index in [0.717, 1.165) is 12.8 Å². The number of fused-ring (bicyclic) bond motifs is 1. The van der Waals surface area contributed by atoms with E-state index in [1.807, 2.05) is 12.1 Å². The Morgan fingerprint density at radius 1 is 1.06 bits per heavy atom. The third-order valence-corrected chi connectivity index (χ3v) is 3.57. The van der Waals surface area contributed by atoms with Crippen LogP contribution < -0.4 is 5.73 Å². The van der Waals surface area contributed by atoms with E-state index in [4.69, 9.17) is 11.1 Å². The molecule has 0 radical (unpaired) electrons. The second kappa shape index (κ2) is 3.08. The molecular weight excluding hydrogens is 196 g/mol. The van der Waals surface area contributed by atoms with Crippen molar-refractivity contribution in [1.29, 1.82) is 5.41 Å². The summed E-state index contributed by atoms with van der Waals surface area (Å²) in [6, 6.07) is 14.6. The number of nitrogens with one attached hydrogen (secondary N) is 1. The Balaban J connectivity index is 2.29. The molecule has 0 saturated heterocycles. The standard InChI is InChI=1S/C14H14N2/c15-13(16)14(8-9-14)12-7-3-5-10-4-1-2-6-11(10)12/h1-7H,8-9H2,(H3,15,16). The van der Waals surface area contributed by atoms with E-state index in [1.165, 1.54) is 16.3 Å². The maximum absolute atomic E-state index is 7.75. The quantitative estimate of drug-likeness (QED) is 0.581. The van der Waals surface area contributed by atoms with Gasteiger partial charge in [0, 0.05) is 0 Å². The van der Waals surface area contributed by atoms with Gasteiger partial charge in [-0.25, -0.2) is 0 Å². The molecule has 3 rings (SSSR count).